The van der Waals surface area contributed by atoms with Crippen LogP contribution in [0.4, 0.5) is 0 Å². The highest BCUT2D eigenvalue weighted by atomic mass is 16.7. The summed E-state index contributed by atoms with van der Waals surface area (Å²) in [5.74, 6) is -0.233. The Labute approximate surface area is 62.5 Å². The van der Waals surface area contributed by atoms with Gasteiger partial charge in [0.2, 0.25) is 0 Å². The van der Waals surface area contributed by atoms with E-state index >= 15 is 0 Å². The van der Waals surface area contributed by atoms with Crippen molar-refractivity contribution in [1.29, 1.82) is 0 Å². The van der Waals surface area contributed by atoms with E-state index in [-0.39, 0.29) is 11.9 Å². The second-order valence-corrected chi connectivity index (χ2v) is 2.93. The average molecular weight is 143 g/mol. The minimum absolute atomic E-state index is 0.233. The first-order valence-corrected chi connectivity index (χ1v) is 3.82. The summed E-state index contributed by atoms with van der Waals surface area (Å²) in [5, 5.41) is 0. The van der Waals surface area contributed by atoms with Gasteiger partial charge in [-0.15, -0.1) is 0 Å². The smallest absolute Gasteiger partial charge is 0.169 e. The monoisotopic (exact) mass is 143 g/mol. The van der Waals surface area contributed by atoms with Crippen molar-refractivity contribution in [2.24, 2.45) is 0 Å². The highest BCUT2D eigenvalue weighted by molar-refractivity contribution is 4.87. The lowest BCUT2D eigenvalue weighted by Crippen LogP contribution is -2.21. The highest BCUT2D eigenvalue weighted by Crippen LogP contribution is 2.41. The number of ether oxygens (including phenoxy) is 2. The fourth-order valence-corrected chi connectivity index (χ4v) is 1.01. The first kappa shape index (κ1) is 8.02. The maximum atomic E-state index is 5.54. The summed E-state index contributed by atoms with van der Waals surface area (Å²) < 4.78 is 10.8. The molecule has 0 heterocycles. The van der Waals surface area contributed by atoms with Gasteiger partial charge in [0.05, 0.1) is 12.7 Å². The van der Waals surface area contributed by atoms with Crippen LogP contribution in [-0.2, 0) is 9.47 Å². The molecule has 0 aliphatic heterocycles. The van der Waals surface area contributed by atoms with Crippen molar-refractivity contribution in [1.82, 2.24) is 0 Å². The van der Waals surface area contributed by atoms with E-state index in [9.17, 15) is 0 Å². The van der Waals surface area contributed by atoms with Crippen molar-refractivity contribution in [2.45, 2.75) is 45.5 Å². The van der Waals surface area contributed by atoms with Crippen molar-refractivity contribution >= 4 is 0 Å². The topological polar surface area (TPSA) is 18.5 Å². The van der Waals surface area contributed by atoms with E-state index in [0.29, 0.717) is 0 Å². The van der Waals surface area contributed by atoms with Gasteiger partial charge in [0.25, 0.3) is 0 Å². The predicted octanol–water partition coefficient (Wildman–Crippen LogP) is 2.10. The van der Waals surface area contributed by atoms with Gasteiger partial charge in [0.1, 0.15) is 0 Å². The summed E-state index contributed by atoms with van der Waals surface area (Å²) >= 11 is 0. The Balaban J connectivity index is 2.23. The van der Waals surface area contributed by atoms with Crippen LogP contribution in [-0.4, -0.2) is 11.9 Å². The predicted molar refractivity (Wildman–Crippen MR) is 39.2 cm³/mol. The Bertz CT molecular complexity index is 106. The number of rotatable bonds is 4. The van der Waals surface area contributed by atoms with Crippen molar-refractivity contribution < 1.29 is 9.47 Å². The van der Waals surface area contributed by atoms with Crippen LogP contribution in [0.25, 0.3) is 0 Å². The van der Waals surface area contributed by atoms with Gasteiger partial charge in [-0.1, -0.05) is 0 Å². The van der Waals surface area contributed by atoms with Crippen LogP contribution < -0.4 is 0 Å². The quantitative estimate of drug-likeness (QED) is 0.561. The molecule has 0 saturated heterocycles. The fraction of sp³-hybridized carbons (Fsp3) is 0.875. The van der Waals surface area contributed by atoms with Gasteiger partial charge in [0.15, 0.2) is 5.79 Å². The molecule has 10 heavy (non-hydrogen) atoms. The molecule has 0 aromatic rings. The van der Waals surface area contributed by atoms with Crippen molar-refractivity contribution in [3.8, 4) is 0 Å². The molecule has 2 heteroatoms. The van der Waals surface area contributed by atoms with Crippen LogP contribution in [0.3, 0.4) is 0 Å². The van der Waals surface area contributed by atoms with Gasteiger partial charge in [-0.2, -0.15) is 0 Å². The van der Waals surface area contributed by atoms with Crippen molar-refractivity contribution in [3.63, 3.8) is 0 Å². The average Bonchev–Trinajstić information content (AvgIpc) is 2.47. The lowest BCUT2D eigenvalue weighted by Gasteiger charge is -2.18. The Morgan fingerprint density at radius 3 is 2.30 bits per heavy atom. The van der Waals surface area contributed by atoms with E-state index in [1.807, 2.05) is 20.8 Å². The van der Waals surface area contributed by atoms with Gasteiger partial charge < -0.3 is 9.47 Å². The van der Waals surface area contributed by atoms with Gasteiger partial charge in [-0.05, 0) is 20.8 Å². The van der Waals surface area contributed by atoms with Crippen LogP contribution in [0, 0.1) is 6.61 Å². The summed E-state index contributed by atoms with van der Waals surface area (Å²) in [6, 6.07) is 0. The van der Waals surface area contributed by atoms with E-state index in [1.54, 1.807) is 6.61 Å². The summed E-state index contributed by atoms with van der Waals surface area (Å²) in [7, 11) is 0. The molecule has 0 spiro atoms. The van der Waals surface area contributed by atoms with Crippen LogP contribution in [0.15, 0.2) is 0 Å². The maximum Gasteiger partial charge on any atom is 0.169 e. The standard InChI is InChI=1S/C8H15O2/c1-4-9-8(5-6-8)10-7(2)3/h4,7H,5-6H2,1-3H3. The Morgan fingerprint density at radius 2 is 2.00 bits per heavy atom. The molecule has 1 aliphatic rings. The van der Waals surface area contributed by atoms with Gasteiger partial charge in [-0.25, -0.2) is 0 Å². The van der Waals surface area contributed by atoms with Gasteiger partial charge >= 0.3 is 0 Å². The molecule has 0 aromatic carbocycles. The minimum Gasteiger partial charge on any atom is -0.347 e. The SMILES string of the molecule is C[CH]OC1(OC(C)C)CC1. The molecule has 2 nitrogen and oxygen atoms in total. The zero-order chi connectivity index (χ0) is 7.61. The molecule has 1 rings (SSSR count). The third-order valence-corrected chi connectivity index (χ3v) is 1.44. The van der Waals surface area contributed by atoms with Crippen LogP contribution in [0.5, 0.6) is 0 Å². The number of hydrogen-bond donors (Lipinski definition) is 0. The summed E-state index contributed by atoms with van der Waals surface area (Å²) in [6.45, 7) is 7.64. The molecule has 0 N–H and O–H groups in total. The summed E-state index contributed by atoms with van der Waals surface area (Å²) in [6.07, 6.45) is 2.34. The lowest BCUT2D eigenvalue weighted by molar-refractivity contribution is -0.166. The van der Waals surface area contributed by atoms with Crippen LogP contribution >= 0.6 is 0 Å². The second-order valence-electron chi connectivity index (χ2n) is 2.93. The van der Waals surface area contributed by atoms with Crippen molar-refractivity contribution in [2.75, 3.05) is 0 Å². The molecule has 1 fully saturated rings. The largest absolute Gasteiger partial charge is 0.347 e. The maximum absolute atomic E-state index is 5.54. The third kappa shape index (κ3) is 1.96. The van der Waals surface area contributed by atoms with Gasteiger partial charge in [0, 0.05) is 12.8 Å². The first-order chi connectivity index (χ1) is 4.68. The number of hydrogen-bond acceptors (Lipinski definition) is 2. The molecule has 59 valence electrons. The summed E-state index contributed by atoms with van der Waals surface area (Å²) in [4.78, 5) is 0. The molecule has 1 radical (unpaired) electrons. The molecule has 1 saturated carbocycles. The molecule has 0 unspecified atom stereocenters. The van der Waals surface area contributed by atoms with Crippen LogP contribution in [0.1, 0.15) is 33.6 Å². The van der Waals surface area contributed by atoms with E-state index in [4.69, 9.17) is 9.47 Å². The molecule has 0 aromatic heterocycles. The van der Waals surface area contributed by atoms with E-state index in [0.717, 1.165) is 12.8 Å². The normalized spacial score (nSPS) is 21.6. The highest BCUT2D eigenvalue weighted by Gasteiger charge is 2.45. The Morgan fingerprint density at radius 1 is 1.40 bits per heavy atom. The Hall–Kier alpha value is -0.0800. The van der Waals surface area contributed by atoms with E-state index in [2.05, 4.69) is 0 Å². The lowest BCUT2D eigenvalue weighted by atomic mass is 10.5. The molecule has 0 atom stereocenters. The summed E-state index contributed by atoms with van der Waals surface area (Å²) in [5.41, 5.74) is 0. The van der Waals surface area contributed by atoms with E-state index in [1.165, 1.54) is 0 Å². The molecule has 0 bridgehead atoms. The zero-order valence-electron chi connectivity index (χ0n) is 6.89. The van der Waals surface area contributed by atoms with E-state index < -0.39 is 0 Å². The Kier molecular flexibility index (Phi) is 2.32. The molecular formula is C8H15O2. The zero-order valence-corrected chi connectivity index (χ0v) is 6.89. The fourth-order valence-electron chi connectivity index (χ4n) is 1.01. The minimum atomic E-state index is -0.233. The van der Waals surface area contributed by atoms with Crippen LogP contribution in [0.2, 0.25) is 0 Å². The first-order valence-electron chi connectivity index (χ1n) is 3.82. The third-order valence-electron chi connectivity index (χ3n) is 1.44. The molecular weight excluding hydrogens is 128 g/mol. The molecule has 0 amide bonds. The van der Waals surface area contributed by atoms with Gasteiger partial charge in [-0.3, -0.25) is 0 Å². The second kappa shape index (κ2) is 2.89. The molecule has 1 aliphatic carbocycles. The van der Waals surface area contributed by atoms with Crippen molar-refractivity contribution in [3.05, 3.63) is 6.61 Å².